The molecule has 0 amide bonds. The standard InChI is InChI=1S/C24H18Cl4N2S3/c25-16-7-5-13(9-18(16)27)11-31-22-21-15-3-1-2-4-20(15)33-23(21)30-24(29-22)32-12-14-6-8-17(26)19(28)10-14/h5-10H,1-4,11-12H2. The first-order chi connectivity index (χ1) is 16.0. The Morgan fingerprint density at radius 1 is 0.758 bits per heavy atom. The molecular weight excluding hydrogens is 554 g/mol. The molecule has 0 unspecified atom stereocenters. The Balaban J connectivity index is 1.45. The highest BCUT2D eigenvalue weighted by molar-refractivity contribution is 7.99. The second-order valence-electron chi connectivity index (χ2n) is 7.78. The maximum atomic E-state index is 6.23. The third kappa shape index (κ3) is 5.45. The SMILES string of the molecule is Clc1ccc(CSc2nc(SCc3ccc(Cl)c(Cl)c3)c3c4c(sc3n2)CCCC4)cc1Cl. The highest BCUT2D eigenvalue weighted by Crippen LogP contribution is 2.41. The molecular formula is C24H18Cl4N2S3. The summed E-state index contributed by atoms with van der Waals surface area (Å²) >= 11 is 29.7. The van der Waals surface area contributed by atoms with E-state index < -0.39 is 0 Å². The Hall–Kier alpha value is -0.660. The number of hydrogen-bond acceptors (Lipinski definition) is 5. The molecule has 0 bridgehead atoms. The van der Waals surface area contributed by atoms with Gasteiger partial charge in [-0.05, 0) is 66.6 Å². The van der Waals surface area contributed by atoms with Gasteiger partial charge < -0.3 is 0 Å². The Bertz CT molecular complexity index is 1340. The van der Waals surface area contributed by atoms with Crippen molar-refractivity contribution in [1.29, 1.82) is 0 Å². The quantitative estimate of drug-likeness (QED) is 0.131. The van der Waals surface area contributed by atoms with Crippen LogP contribution in [-0.4, -0.2) is 9.97 Å². The number of thioether (sulfide) groups is 2. The second kappa shape index (κ2) is 10.5. The summed E-state index contributed by atoms with van der Waals surface area (Å²) < 4.78 is 0. The molecule has 0 aliphatic heterocycles. The lowest BCUT2D eigenvalue weighted by atomic mass is 9.97. The number of aromatic nitrogens is 2. The van der Waals surface area contributed by atoms with Crippen molar-refractivity contribution in [2.75, 3.05) is 0 Å². The van der Waals surface area contributed by atoms with Gasteiger partial charge in [0.05, 0.1) is 20.1 Å². The molecule has 0 saturated carbocycles. The van der Waals surface area contributed by atoms with Gasteiger partial charge >= 0.3 is 0 Å². The first kappa shape index (κ1) is 24.1. The van der Waals surface area contributed by atoms with Crippen LogP contribution in [0.2, 0.25) is 20.1 Å². The summed E-state index contributed by atoms with van der Waals surface area (Å²) in [6.45, 7) is 0. The molecule has 0 atom stereocenters. The molecule has 33 heavy (non-hydrogen) atoms. The molecule has 0 N–H and O–H groups in total. The fourth-order valence-electron chi connectivity index (χ4n) is 3.83. The zero-order chi connectivity index (χ0) is 22.9. The molecule has 9 heteroatoms. The molecule has 0 radical (unpaired) electrons. The Morgan fingerprint density at radius 3 is 2.06 bits per heavy atom. The van der Waals surface area contributed by atoms with Gasteiger partial charge in [-0.1, -0.05) is 70.3 Å². The van der Waals surface area contributed by atoms with Gasteiger partial charge in [-0.25, -0.2) is 9.97 Å². The van der Waals surface area contributed by atoms with E-state index >= 15 is 0 Å². The topological polar surface area (TPSA) is 25.8 Å². The molecule has 2 heterocycles. The molecule has 2 aromatic carbocycles. The number of benzene rings is 2. The van der Waals surface area contributed by atoms with Crippen LogP contribution in [0.3, 0.4) is 0 Å². The van der Waals surface area contributed by atoms with Crippen molar-refractivity contribution in [3.63, 3.8) is 0 Å². The maximum Gasteiger partial charge on any atom is 0.190 e. The normalized spacial score (nSPS) is 13.5. The van der Waals surface area contributed by atoms with Crippen LogP contribution in [0.25, 0.3) is 10.2 Å². The number of halogens is 4. The molecule has 4 aromatic rings. The highest BCUT2D eigenvalue weighted by atomic mass is 35.5. The molecule has 2 aromatic heterocycles. The monoisotopic (exact) mass is 570 g/mol. The van der Waals surface area contributed by atoms with E-state index in [2.05, 4.69) is 0 Å². The van der Waals surface area contributed by atoms with Crippen LogP contribution in [0, 0.1) is 0 Å². The molecule has 1 aliphatic carbocycles. The highest BCUT2D eigenvalue weighted by Gasteiger charge is 2.21. The van der Waals surface area contributed by atoms with Crippen LogP contribution in [0.15, 0.2) is 46.6 Å². The molecule has 0 saturated heterocycles. The van der Waals surface area contributed by atoms with Gasteiger partial charge in [-0.3, -0.25) is 0 Å². The average Bonchev–Trinajstić information content (AvgIpc) is 3.19. The molecule has 5 rings (SSSR count). The van der Waals surface area contributed by atoms with E-state index in [1.807, 2.05) is 47.7 Å². The van der Waals surface area contributed by atoms with E-state index in [9.17, 15) is 0 Å². The third-order valence-electron chi connectivity index (χ3n) is 5.47. The number of hydrogen-bond donors (Lipinski definition) is 0. The average molecular weight is 572 g/mol. The van der Waals surface area contributed by atoms with Crippen LogP contribution < -0.4 is 0 Å². The van der Waals surface area contributed by atoms with Gasteiger partial charge in [0.25, 0.3) is 0 Å². The fourth-order valence-corrected chi connectivity index (χ4v) is 7.70. The minimum Gasteiger partial charge on any atom is -0.215 e. The van der Waals surface area contributed by atoms with E-state index in [4.69, 9.17) is 56.4 Å². The van der Waals surface area contributed by atoms with Crippen molar-refractivity contribution < 1.29 is 0 Å². The zero-order valence-electron chi connectivity index (χ0n) is 17.3. The lowest BCUT2D eigenvalue weighted by molar-refractivity contribution is 0.699. The lowest BCUT2D eigenvalue weighted by Crippen LogP contribution is -1.99. The van der Waals surface area contributed by atoms with Gasteiger partial charge in [0.2, 0.25) is 0 Å². The lowest BCUT2D eigenvalue weighted by Gasteiger charge is -2.12. The summed E-state index contributed by atoms with van der Waals surface area (Å²) in [5.41, 5.74) is 3.66. The first-order valence-corrected chi connectivity index (χ1v) is 14.7. The largest absolute Gasteiger partial charge is 0.215 e. The molecule has 0 spiro atoms. The summed E-state index contributed by atoms with van der Waals surface area (Å²) in [5, 5.41) is 5.34. The number of fused-ring (bicyclic) bond motifs is 3. The number of nitrogens with zero attached hydrogens (tertiary/aromatic N) is 2. The third-order valence-corrected chi connectivity index (χ3v) is 10.1. The van der Waals surface area contributed by atoms with Crippen molar-refractivity contribution in [1.82, 2.24) is 9.97 Å². The van der Waals surface area contributed by atoms with E-state index in [1.165, 1.54) is 28.7 Å². The number of rotatable bonds is 6. The summed E-state index contributed by atoms with van der Waals surface area (Å²) in [4.78, 5) is 12.5. The second-order valence-corrected chi connectivity index (χ2v) is 12.4. The minimum absolute atomic E-state index is 0.563. The van der Waals surface area contributed by atoms with Gasteiger partial charge in [0.1, 0.15) is 9.86 Å². The van der Waals surface area contributed by atoms with Crippen molar-refractivity contribution in [3.05, 3.63) is 78.1 Å². The predicted octanol–water partition coefficient (Wildman–Crippen LogP) is 9.77. The number of thiophene rings is 1. The smallest absolute Gasteiger partial charge is 0.190 e. The van der Waals surface area contributed by atoms with Crippen LogP contribution in [-0.2, 0) is 24.3 Å². The van der Waals surface area contributed by atoms with Crippen molar-refractivity contribution in [2.45, 2.75) is 47.4 Å². The van der Waals surface area contributed by atoms with Crippen LogP contribution in [0.1, 0.15) is 34.4 Å². The van der Waals surface area contributed by atoms with Crippen LogP contribution in [0.4, 0.5) is 0 Å². The Kier molecular flexibility index (Phi) is 7.68. The van der Waals surface area contributed by atoms with E-state index in [1.54, 1.807) is 23.5 Å². The predicted molar refractivity (Wildman–Crippen MR) is 146 cm³/mol. The Morgan fingerprint density at radius 2 is 1.39 bits per heavy atom. The summed E-state index contributed by atoms with van der Waals surface area (Å²) in [6.07, 6.45) is 4.72. The van der Waals surface area contributed by atoms with Gasteiger partial charge in [-0.2, -0.15) is 0 Å². The van der Waals surface area contributed by atoms with E-state index in [0.717, 1.165) is 50.5 Å². The van der Waals surface area contributed by atoms with Crippen LogP contribution in [0.5, 0.6) is 0 Å². The van der Waals surface area contributed by atoms with Gasteiger partial charge in [0, 0.05) is 21.8 Å². The molecule has 170 valence electrons. The summed E-state index contributed by atoms with van der Waals surface area (Å²) in [5.74, 6) is 1.49. The van der Waals surface area contributed by atoms with E-state index in [0.29, 0.717) is 20.1 Å². The Labute approximate surface area is 225 Å². The molecule has 2 nitrogen and oxygen atoms in total. The minimum atomic E-state index is 0.563. The zero-order valence-corrected chi connectivity index (χ0v) is 22.8. The van der Waals surface area contributed by atoms with Gasteiger partial charge in [-0.15, -0.1) is 23.1 Å². The fraction of sp³-hybridized carbons (Fsp3) is 0.250. The number of aryl methyl sites for hydroxylation is 2. The van der Waals surface area contributed by atoms with Crippen molar-refractivity contribution >= 4 is 91.5 Å². The molecule has 1 aliphatic rings. The van der Waals surface area contributed by atoms with E-state index in [-0.39, 0.29) is 0 Å². The van der Waals surface area contributed by atoms with Crippen molar-refractivity contribution in [3.8, 4) is 0 Å². The van der Waals surface area contributed by atoms with Crippen molar-refractivity contribution in [2.24, 2.45) is 0 Å². The van der Waals surface area contributed by atoms with Gasteiger partial charge in [0.15, 0.2) is 5.16 Å². The summed E-state index contributed by atoms with van der Waals surface area (Å²) in [7, 11) is 0. The molecule has 0 fully saturated rings. The summed E-state index contributed by atoms with van der Waals surface area (Å²) in [6, 6.07) is 11.5. The first-order valence-electron chi connectivity index (χ1n) is 10.4. The maximum absolute atomic E-state index is 6.23. The van der Waals surface area contributed by atoms with Crippen LogP contribution >= 0.6 is 81.3 Å².